The molecule has 0 radical (unpaired) electrons. The summed E-state index contributed by atoms with van der Waals surface area (Å²) in [6, 6.07) is 0. The number of esters is 1. The minimum atomic E-state index is -1.44. The first kappa shape index (κ1) is 23.4. The summed E-state index contributed by atoms with van der Waals surface area (Å²) in [6.45, 7) is 4.51. The van der Waals surface area contributed by atoms with Crippen LogP contribution < -0.4 is 5.32 Å². The van der Waals surface area contributed by atoms with E-state index >= 15 is 0 Å². The molecule has 1 saturated carbocycles. The highest BCUT2D eigenvalue weighted by atomic mass is 17.0. The lowest BCUT2D eigenvalue weighted by Gasteiger charge is -2.36. The van der Waals surface area contributed by atoms with Gasteiger partial charge >= 0.3 is 18.0 Å². The Morgan fingerprint density at radius 3 is 2.25 bits per heavy atom. The second-order valence-electron chi connectivity index (χ2n) is 7.39. The highest BCUT2D eigenvalue weighted by Gasteiger charge is 2.35. The lowest BCUT2D eigenvalue weighted by Crippen LogP contribution is -2.42. The first-order valence-electron chi connectivity index (χ1n) is 9.22. The SMILES string of the molecule is CC(OC(=O)NCC1(CC(=O)O)CCCCC1)OC(=O)[C@@H](O[N+](=O)[O-])C(C)C. The van der Waals surface area contributed by atoms with Gasteiger partial charge in [0.25, 0.3) is 5.09 Å². The summed E-state index contributed by atoms with van der Waals surface area (Å²) in [6.07, 6.45) is 0.546. The van der Waals surface area contributed by atoms with Gasteiger partial charge in [-0.1, -0.05) is 33.1 Å². The van der Waals surface area contributed by atoms with Crippen LogP contribution in [0.25, 0.3) is 0 Å². The smallest absolute Gasteiger partial charge is 0.410 e. The van der Waals surface area contributed by atoms with Gasteiger partial charge in [-0.25, -0.2) is 9.59 Å². The summed E-state index contributed by atoms with van der Waals surface area (Å²) < 4.78 is 9.81. The Morgan fingerprint density at radius 2 is 1.75 bits per heavy atom. The monoisotopic (exact) mass is 404 g/mol. The number of nitrogens with one attached hydrogen (secondary N) is 1. The van der Waals surface area contributed by atoms with Crippen LogP contribution >= 0.6 is 0 Å². The number of hydrogen-bond acceptors (Lipinski definition) is 8. The third-order valence-corrected chi connectivity index (χ3v) is 4.64. The highest BCUT2D eigenvalue weighted by Crippen LogP contribution is 2.38. The zero-order valence-corrected chi connectivity index (χ0v) is 16.3. The standard InChI is InChI=1S/C17H28N2O9/c1-11(2)14(28-19(24)25)15(22)26-12(3)27-16(23)18-10-17(9-13(20)21)7-5-4-6-8-17/h11-12,14H,4-10H2,1-3H3,(H,18,23)(H,20,21)/t12?,14-/m0/s1. The van der Waals surface area contributed by atoms with Crippen molar-refractivity contribution in [3.05, 3.63) is 10.1 Å². The number of rotatable bonds is 10. The van der Waals surface area contributed by atoms with Crippen molar-refractivity contribution in [1.29, 1.82) is 0 Å². The molecule has 0 saturated heterocycles. The van der Waals surface area contributed by atoms with Crippen LogP contribution in [0.4, 0.5) is 4.79 Å². The number of amides is 1. The molecule has 0 aromatic rings. The van der Waals surface area contributed by atoms with Gasteiger partial charge in [0.15, 0.2) is 0 Å². The van der Waals surface area contributed by atoms with Crippen LogP contribution in [0.1, 0.15) is 59.3 Å². The van der Waals surface area contributed by atoms with Crippen molar-refractivity contribution in [2.75, 3.05) is 6.54 Å². The van der Waals surface area contributed by atoms with E-state index in [0.717, 1.165) is 19.3 Å². The Bertz CT molecular complexity index is 573. The molecule has 11 nitrogen and oxygen atoms in total. The molecule has 0 spiro atoms. The molecular formula is C17H28N2O9. The number of carbonyl (C=O) groups excluding carboxylic acids is 2. The number of aliphatic carboxylic acids is 1. The maximum atomic E-state index is 12.0. The number of ether oxygens (including phenoxy) is 2. The topological polar surface area (TPSA) is 154 Å². The van der Waals surface area contributed by atoms with Gasteiger partial charge in [-0.2, -0.15) is 0 Å². The van der Waals surface area contributed by atoms with Crippen LogP contribution in [0.3, 0.4) is 0 Å². The van der Waals surface area contributed by atoms with E-state index in [1.54, 1.807) is 13.8 Å². The summed E-state index contributed by atoms with van der Waals surface area (Å²) >= 11 is 0. The van der Waals surface area contributed by atoms with Crippen molar-refractivity contribution in [1.82, 2.24) is 5.32 Å². The predicted octanol–water partition coefficient (Wildman–Crippen LogP) is 2.26. The number of nitrogens with zero attached hydrogens (tertiary/aromatic N) is 1. The molecule has 1 rings (SSSR count). The molecule has 11 heteroatoms. The van der Waals surface area contributed by atoms with Gasteiger partial charge in [0.1, 0.15) is 0 Å². The maximum absolute atomic E-state index is 12.0. The molecule has 1 aliphatic rings. The minimum absolute atomic E-state index is 0.0495. The van der Waals surface area contributed by atoms with Crippen molar-refractivity contribution in [2.45, 2.75) is 71.7 Å². The van der Waals surface area contributed by atoms with Gasteiger partial charge < -0.3 is 19.9 Å². The summed E-state index contributed by atoms with van der Waals surface area (Å²) in [5.41, 5.74) is -0.523. The summed E-state index contributed by atoms with van der Waals surface area (Å²) in [5, 5.41) is 21.0. The fourth-order valence-corrected chi connectivity index (χ4v) is 3.28. The van der Waals surface area contributed by atoms with Crippen molar-refractivity contribution >= 4 is 18.0 Å². The molecule has 2 N–H and O–H groups in total. The van der Waals surface area contributed by atoms with Gasteiger partial charge in [-0.05, 0) is 24.2 Å². The Labute approximate surface area is 162 Å². The van der Waals surface area contributed by atoms with Gasteiger partial charge in [0.05, 0.1) is 6.42 Å². The van der Waals surface area contributed by atoms with E-state index in [1.165, 1.54) is 6.92 Å². The number of hydrogen-bond donors (Lipinski definition) is 2. The quantitative estimate of drug-likeness (QED) is 0.241. The molecule has 160 valence electrons. The lowest BCUT2D eigenvalue weighted by atomic mass is 9.72. The molecule has 28 heavy (non-hydrogen) atoms. The van der Waals surface area contributed by atoms with Crippen molar-refractivity contribution < 1.29 is 38.9 Å². The largest absolute Gasteiger partial charge is 0.481 e. The van der Waals surface area contributed by atoms with Gasteiger partial charge in [-0.15, -0.1) is 10.1 Å². The average molecular weight is 404 g/mol. The molecule has 2 atom stereocenters. The number of carboxylic acids is 1. The lowest BCUT2D eigenvalue weighted by molar-refractivity contribution is -0.766. The first-order valence-corrected chi connectivity index (χ1v) is 9.22. The number of carboxylic acid groups (broad SMARTS) is 1. The Balaban J connectivity index is 2.53. The molecule has 0 heterocycles. The maximum Gasteiger partial charge on any atom is 0.410 e. The average Bonchev–Trinajstić information content (AvgIpc) is 2.57. The van der Waals surface area contributed by atoms with Crippen LogP contribution in [0.2, 0.25) is 0 Å². The molecule has 0 bridgehead atoms. The second-order valence-corrected chi connectivity index (χ2v) is 7.39. The van der Waals surface area contributed by atoms with Crippen molar-refractivity contribution in [3.63, 3.8) is 0 Å². The van der Waals surface area contributed by atoms with Crippen LogP contribution in [-0.2, 0) is 23.9 Å². The molecule has 0 aliphatic heterocycles. The van der Waals surface area contributed by atoms with Crippen molar-refractivity contribution in [2.24, 2.45) is 11.3 Å². The Hall–Kier alpha value is -2.59. The van der Waals surface area contributed by atoms with Gasteiger partial charge in [0, 0.05) is 13.5 Å². The number of carbonyl (C=O) groups is 3. The van der Waals surface area contributed by atoms with E-state index in [-0.39, 0.29) is 13.0 Å². The summed E-state index contributed by atoms with van der Waals surface area (Å²) in [4.78, 5) is 49.8. The molecule has 1 amide bonds. The third kappa shape index (κ3) is 7.97. The molecular weight excluding hydrogens is 376 g/mol. The highest BCUT2D eigenvalue weighted by molar-refractivity contribution is 5.75. The summed E-state index contributed by atoms with van der Waals surface area (Å²) in [5.74, 6) is -2.48. The van der Waals surface area contributed by atoms with E-state index in [2.05, 4.69) is 10.2 Å². The predicted molar refractivity (Wildman–Crippen MR) is 94.5 cm³/mol. The summed E-state index contributed by atoms with van der Waals surface area (Å²) in [7, 11) is 0. The molecule has 0 aromatic heterocycles. The van der Waals surface area contributed by atoms with E-state index < -0.39 is 46.8 Å². The zero-order chi connectivity index (χ0) is 21.3. The first-order chi connectivity index (χ1) is 13.0. The van der Waals surface area contributed by atoms with Gasteiger partial charge in [0.2, 0.25) is 12.4 Å². The van der Waals surface area contributed by atoms with Crippen LogP contribution in [0, 0.1) is 21.4 Å². The zero-order valence-electron chi connectivity index (χ0n) is 16.3. The van der Waals surface area contributed by atoms with E-state index in [1.807, 2.05) is 0 Å². The molecule has 1 unspecified atom stereocenters. The van der Waals surface area contributed by atoms with Crippen LogP contribution in [0.15, 0.2) is 0 Å². The fourth-order valence-electron chi connectivity index (χ4n) is 3.28. The fraction of sp³-hybridized carbons (Fsp3) is 0.824. The van der Waals surface area contributed by atoms with Crippen LogP contribution in [-0.4, -0.2) is 47.2 Å². The minimum Gasteiger partial charge on any atom is -0.481 e. The molecule has 1 fully saturated rings. The van der Waals surface area contributed by atoms with Crippen molar-refractivity contribution in [3.8, 4) is 0 Å². The normalized spacial score (nSPS) is 17.9. The molecule has 0 aromatic carbocycles. The van der Waals surface area contributed by atoms with Crippen LogP contribution in [0.5, 0.6) is 0 Å². The van der Waals surface area contributed by atoms with E-state index in [4.69, 9.17) is 14.6 Å². The Kier molecular flexibility index (Phi) is 8.93. The number of alkyl carbamates (subject to hydrolysis) is 1. The Morgan fingerprint density at radius 1 is 1.14 bits per heavy atom. The van der Waals surface area contributed by atoms with Gasteiger partial charge in [-0.3, -0.25) is 9.63 Å². The van der Waals surface area contributed by atoms with E-state index in [0.29, 0.717) is 12.8 Å². The third-order valence-electron chi connectivity index (χ3n) is 4.64. The van der Waals surface area contributed by atoms with E-state index in [9.17, 15) is 24.5 Å². The second kappa shape index (κ2) is 10.7. The molecule has 1 aliphatic carbocycles.